The molecule has 2 rings (SSSR count). The Labute approximate surface area is 134 Å². The van der Waals surface area contributed by atoms with Crippen LogP contribution in [0.2, 0.25) is 5.02 Å². The molecular formula is C16H15ClN2OS. The number of thiocarbonyl (C=S) groups is 1. The van der Waals surface area contributed by atoms with Crippen molar-refractivity contribution in [2.45, 2.75) is 13.8 Å². The standard InChI is InChI=1S/C16H15ClN2OS/c1-10-7-8-14(11(2)9-10)18-16(21)19-15(20)12-5-3-4-6-13(12)17/h3-9H,1-2H3,(H2,18,19,20,21). The highest BCUT2D eigenvalue weighted by Crippen LogP contribution is 2.17. The van der Waals surface area contributed by atoms with Crippen molar-refractivity contribution in [1.29, 1.82) is 0 Å². The smallest absolute Gasteiger partial charge is 0.258 e. The minimum Gasteiger partial charge on any atom is -0.332 e. The molecule has 0 aromatic heterocycles. The summed E-state index contributed by atoms with van der Waals surface area (Å²) in [6.07, 6.45) is 0. The summed E-state index contributed by atoms with van der Waals surface area (Å²) >= 11 is 11.1. The molecule has 0 saturated heterocycles. The van der Waals surface area contributed by atoms with Crippen LogP contribution >= 0.6 is 23.8 Å². The van der Waals surface area contributed by atoms with E-state index in [4.69, 9.17) is 23.8 Å². The molecule has 3 nitrogen and oxygen atoms in total. The van der Waals surface area contributed by atoms with Gasteiger partial charge in [0.05, 0.1) is 10.6 Å². The van der Waals surface area contributed by atoms with Gasteiger partial charge in [-0.1, -0.05) is 41.4 Å². The molecule has 1 amide bonds. The van der Waals surface area contributed by atoms with E-state index >= 15 is 0 Å². The first kappa shape index (κ1) is 15.5. The van der Waals surface area contributed by atoms with Crippen LogP contribution in [0.25, 0.3) is 0 Å². The van der Waals surface area contributed by atoms with Gasteiger partial charge in [-0.05, 0) is 49.8 Å². The first-order valence-electron chi connectivity index (χ1n) is 6.41. The topological polar surface area (TPSA) is 41.1 Å². The van der Waals surface area contributed by atoms with Gasteiger partial charge in [-0.3, -0.25) is 10.1 Å². The SMILES string of the molecule is Cc1ccc(NC(=S)NC(=O)c2ccccc2Cl)c(C)c1. The van der Waals surface area contributed by atoms with Crippen LogP contribution < -0.4 is 10.6 Å². The van der Waals surface area contributed by atoms with Crippen LogP contribution in [0.15, 0.2) is 42.5 Å². The van der Waals surface area contributed by atoms with Crippen LogP contribution in [-0.4, -0.2) is 11.0 Å². The summed E-state index contributed by atoms with van der Waals surface area (Å²) in [6.45, 7) is 4.00. The normalized spacial score (nSPS) is 10.0. The molecule has 0 unspecified atom stereocenters. The van der Waals surface area contributed by atoms with E-state index in [9.17, 15) is 4.79 Å². The van der Waals surface area contributed by atoms with E-state index in [0.717, 1.165) is 11.3 Å². The molecule has 0 spiro atoms. The monoisotopic (exact) mass is 318 g/mol. The zero-order valence-corrected chi connectivity index (χ0v) is 13.3. The number of carbonyl (C=O) groups is 1. The molecule has 2 N–H and O–H groups in total. The summed E-state index contributed by atoms with van der Waals surface area (Å²) in [6, 6.07) is 12.8. The number of anilines is 1. The lowest BCUT2D eigenvalue weighted by Crippen LogP contribution is -2.34. The number of nitrogens with one attached hydrogen (secondary N) is 2. The van der Waals surface area contributed by atoms with Crippen molar-refractivity contribution < 1.29 is 4.79 Å². The highest BCUT2D eigenvalue weighted by molar-refractivity contribution is 7.80. The molecule has 0 radical (unpaired) electrons. The third-order valence-electron chi connectivity index (χ3n) is 2.98. The van der Waals surface area contributed by atoms with Crippen LogP contribution in [-0.2, 0) is 0 Å². The fourth-order valence-corrected chi connectivity index (χ4v) is 2.35. The van der Waals surface area contributed by atoms with Gasteiger partial charge >= 0.3 is 0 Å². The minimum atomic E-state index is -0.331. The Kier molecular flexibility index (Phi) is 4.94. The van der Waals surface area contributed by atoms with Crippen molar-refractivity contribution in [2.24, 2.45) is 0 Å². The van der Waals surface area contributed by atoms with E-state index in [1.807, 2.05) is 32.0 Å². The van der Waals surface area contributed by atoms with Gasteiger partial charge in [0.15, 0.2) is 5.11 Å². The minimum absolute atomic E-state index is 0.242. The van der Waals surface area contributed by atoms with E-state index in [1.54, 1.807) is 24.3 Å². The largest absolute Gasteiger partial charge is 0.332 e. The average Bonchev–Trinajstić information content (AvgIpc) is 2.42. The number of rotatable bonds is 2. The molecule has 5 heteroatoms. The van der Waals surface area contributed by atoms with Crippen LogP contribution in [0.5, 0.6) is 0 Å². The second-order valence-electron chi connectivity index (χ2n) is 4.71. The fourth-order valence-electron chi connectivity index (χ4n) is 1.92. The van der Waals surface area contributed by atoms with Gasteiger partial charge in [-0.25, -0.2) is 0 Å². The molecule has 0 bridgehead atoms. The van der Waals surface area contributed by atoms with Crippen molar-refractivity contribution in [2.75, 3.05) is 5.32 Å². The van der Waals surface area contributed by atoms with E-state index in [-0.39, 0.29) is 11.0 Å². The Balaban J connectivity index is 2.05. The summed E-state index contributed by atoms with van der Waals surface area (Å²) in [5, 5.41) is 6.27. The maximum Gasteiger partial charge on any atom is 0.258 e. The average molecular weight is 319 g/mol. The van der Waals surface area contributed by atoms with Gasteiger partial charge in [-0.2, -0.15) is 0 Å². The molecule has 0 aliphatic heterocycles. The lowest BCUT2D eigenvalue weighted by molar-refractivity contribution is 0.0978. The zero-order chi connectivity index (χ0) is 15.4. The lowest BCUT2D eigenvalue weighted by atomic mass is 10.1. The summed E-state index contributed by atoms with van der Waals surface area (Å²) in [4.78, 5) is 12.1. The maximum atomic E-state index is 12.1. The summed E-state index contributed by atoms with van der Waals surface area (Å²) in [7, 11) is 0. The van der Waals surface area contributed by atoms with Crippen molar-refractivity contribution in [3.8, 4) is 0 Å². The number of benzene rings is 2. The molecule has 108 valence electrons. The van der Waals surface area contributed by atoms with Gasteiger partial charge in [0, 0.05) is 5.69 Å². The fraction of sp³-hybridized carbons (Fsp3) is 0.125. The van der Waals surface area contributed by atoms with Gasteiger partial charge in [-0.15, -0.1) is 0 Å². The van der Waals surface area contributed by atoms with Gasteiger partial charge in [0.1, 0.15) is 0 Å². The Morgan fingerprint density at radius 1 is 1.14 bits per heavy atom. The van der Waals surface area contributed by atoms with E-state index in [1.165, 1.54) is 5.56 Å². The van der Waals surface area contributed by atoms with Crippen molar-refractivity contribution in [3.63, 3.8) is 0 Å². The third kappa shape index (κ3) is 4.03. The zero-order valence-electron chi connectivity index (χ0n) is 11.7. The van der Waals surface area contributed by atoms with Crippen LogP contribution in [0.4, 0.5) is 5.69 Å². The second-order valence-corrected chi connectivity index (χ2v) is 5.52. The van der Waals surface area contributed by atoms with E-state index in [2.05, 4.69) is 10.6 Å². The quantitative estimate of drug-likeness (QED) is 0.820. The molecule has 0 saturated carbocycles. The number of aryl methyl sites for hydroxylation is 2. The highest BCUT2D eigenvalue weighted by Gasteiger charge is 2.11. The summed E-state index contributed by atoms with van der Waals surface area (Å²) in [5.74, 6) is -0.331. The molecule has 0 aliphatic rings. The molecule has 0 heterocycles. The summed E-state index contributed by atoms with van der Waals surface area (Å²) in [5.41, 5.74) is 3.49. The highest BCUT2D eigenvalue weighted by atomic mass is 35.5. The molecule has 2 aromatic carbocycles. The Hall–Kier alpha value is -1.91. The van der Waals surface area contributed by atoms with Crippen LogP contribution in [0, 0.1) is 13.8 Å². The first-order valence-corrected chi connectivity index (χ1v) is 7.20. The maximum absolute atomic E-state index is 12.1. The van der Waals surface area contributed by atoms with E-state index < -0.39 is 0 Å². The first-order chi connectivity index (χ1) is 9.97. The molecular weight excluding hydrogens is 304 g/mol. The summed E-state index contributed by atoms with van der Waals surface area (Å²) < 4.78 is 0. The van der Waals surface area contributed by atoms with E-state index in [0.29, 0.717) is 10.6 Å². The second kappa shape index (κ2) is 6.70. The lowest BCUT2D eigenvalue weighted by Gasteiger charge is -2.12. The van der Waals surface area contributed by atoms with Crippen molar-refractivity contribution in [1.82, 2.24) is 5.32 Å². The van der Waals surface area contributed by atoms with Gasteiger partial charge < -0.3 is 5.32 Å². The molecule has 2 aromatic rings. The number of amides is 1. The number of halogens is 1. The van der Waals surface area contributed by atoms with Crippen LogP contribution in [0.3, 0.4) is 0 Å². The predicted molar refractivity (Wildman–Crippen MR) is 91.1 cm³/mol. The molecule has 21 heavy (non-hydrogen) atoms. The number of hydrogen-bond donors (Lipinski definition) is 2. The third-order valence-corrected chi connectivity index (χ3v) is 3.51. The Morgan fingerprint density at radius 2 is 1.86 bits per heavy atom. The number of carbonyl (C=O) groups excluding carboxylic acids is 1. The molecule has 0 aliphatic carbocycles. The van der Waals surface area contributed by atoms with Gasteiger partial charge in [0.25, 0.3) is 5.91 Å². The predicted octanol–water partition coefficient (Wildman–Crippen LogP) is 4.08. The number of hydrogen-bond acceptors (Lipinski definition) is 2. The van der Waals surface area contributed by atoms with Crippen molar-refractivity contribution >= 4 is 40.5 Å². The van der Waals surface area contributed by atoms with Gasteiger partial charge in [0.2, 0.25) is 0 Å². The molecule has 0 atom stereocenters. The van der Waals surface area contributed by atoms with Crippen molar-refractivity contribution in [3.05, 3.63) is 64.2 Å². The Bertz CT molecular complexity index is 700. The molecule has 0 fully saturated rings. The van der Waals surface area contributed by atoms with Crippen LogP contribution in [0.1, 0.15) is 21.5 Å². The Morgan fingerprint density at radius 3 is 2.52 bits per heavy atom.